The topological polar surface area (TPSA) is 59.1 Å². The molecule has 1 N–H and O–H groups in total. The molecule has 24 heavy (non-hydrogen) atoms. The van der Waals surface area contributed by atoms with Crippen molar-refractivity contribution in [3.05, 3.63) is 59.4 Å². The number of amides is 2. The molecule has 1 aliphatic rings. The molecule has 0 radical (unpaired) electrons. The Morgan fingerprint density at radius 2 is 1.96 bits per heavy atom. The summed E-state index contributed by atoms with van der Waals surface area (Å²) in [6.07, 6.45) is 3.42. The minimum Gasteiger partial charge on any atom is -0.286 e. The third-order valence-electron chi connectivity index (χ3n) is 3.71. The summed E-state index contributed by atoms with van der Waals surface area (Å²) >= 11 is 2.87. The number of hydrogen-bond acceptors (Lipinski definition) is 5. The van der Waals surface area contributed by atoms with Crippen LogP contribution in [0.2, 0.25) is 0 Å². The first-order valence-electron chi connectivity index (χ1n) is 7.75. The molecule has 4 nitrogen and oxygen atoms in total. The molecule has 1 atom stereocenters. The Kier molecular flexibility index (Phi) is 5.58. The fourth-order valence-electron chi connectivity index (χ4n) is 2.38. The zero-order chi connectivity index (χ0) is 16.9. The highest BCUT2D eigenvalue weighted by molar-refractivity contribution is 8.15. The first-order chi connectivity index (χ1) is 11.6. The van der Waals surface area contributed by atoms with E-state index in [-0.39, 0.29) is 16.4 Å². The van der Waals surface area contributed by atoms with Crippen molar-refractivity contribution in [1.29, 1.82) is 0 Å². The van der Waals surface area contributed by atoms with E-state index in [1.165, 1.54) is 10.5 Å². The molecule has 6 heteroatoms. The van der Waals surface area contributed by atoms with Gasteiger partial charge in [0.05, 0.1) is 5.25 Å². The summed E-state index contributed by atoms with van der Waals surface area (Å²) in [5.41, 5.74) is 3.36. The Morgan fingerprint density at radius 1 is 1.17 bits per heavy atom. The van der Waals surface area contributed by atoms with Crippen LogP contribution in [-0.2, 0) is 17.6 Å². The maximum absolute atomic E-state index is 11.6. The van der Waals surface area contributed by atoms with E-state index in [2.05, 4.69) is 34.6 Å². The molecule has 124 valence electrons. The number of pyridine rings is 1. The minimum absolute atomic E-state index is 0.186. The van der Waals surface area contributed by atoms with Crippen molar-refractivity contribution in [2.75, 3.05) is 5.75 Å². The summed E-state index contributed by atoms with van der Waals surface area (Å²) in [6, 6.07) is 12.4. The second-order valence-corrected chi connectivity index (χ2v) is 8.00. The van der Waals surface area contributed by atoms with Gasteiger partial charge < -0.3 is 0 Å². The number of nitrogens with one attached hydrogen (secondary N) is 1. The van der Waals surface area contributed by atoms with Crippen LogP contribution in [0.25, 0.3) is 0 Å². The number of carbonyl (C=O) groups is 2. The molecule has 1 saturated heterocycles. The number of nitrogens with zero attached hydrogens (tertiary/aromatic N) is 1. The molecule has 0 bridgehead atoms. The molecule has 0 saturated carbocycles. The molecule has 1 aliphatic heterocycles. The van der Waals surface area contributed by atoms with Gasteiger partial charge in [-0.2, -0.15) is 0 Å². The standard InChI is InChI=1S/C18H18N2O2S2/c1-12-2-5-14(19-11-12)8-9-23-15-6-3-13(4-7-15)10-16-17(21)20-18(22)24-16/h2-7,11,16H,8-10H2,1H3,(H,20,21,22). The van der Waals surface area contributed by atoms with Crippen molar-refractivity contribution in [1.82, 2.24) is 10.3 Å². The van der Waals surface area contributed by atoms with Crippen LogP contribution in [-0.4, -0.2) is 27.1 Å². The van der Waals surface area contributed by atoms with Gasteiger partial charge in [-0.15, -0.1) is 11.8 Å². The molecule has 2 aromatic rings. The van der Waals surface area contributed by atoms with Crippen LogP contribution in [0.3, 0.4) is 0 Å². The Balaban J connectivity index is 1.48. The van der Waals surface area contributed by atoms with Crippen LogP contribution in [0.15, 0.2) is 47.5 Å². The normalized spacial score (nSPS) is 17.1. The van der Waals surface area contributed by atoms with E-state index in [9.17, 15) is 9.59 Å². The van der Waals surface area contributed by atoms with Crippen molar-refractivity contribution in [2.24, 2.45) is 0 Å². The SMILES string of the molecule is Cc1ccc(CCSc2ccc(CC3SC(=O)NC3=O)cc2)nc1. The van der Waals surface area contributed by atoms with E-state index in [1.807, 2.05) is 25.3 Å². The summed E-state index contributed by atoms with van der Waals surface area (Å²) in [5.74, 6) is 0.791. The minimum atomic E-state index is -0.302. The third-order valence-corrected chi connectivity index (χ3v) is 5.71. The number of thioether (sulfide) groups is 2. The van der Waals surface area contributed by atoms with Gasteiger partial charge in [0.25, 0.3) is 5.24 Å². The summed E-state index contributed by atoms with van der Waals surface area (Å²) in [4.78, 5) is 28.4. The predicted molar refractivity (Wildman–Crippen MR) is 98.5 cm³/mol. The Hall–Kier alpha value is -1.79. The fourth-order valence-corrected chi connectivity index (χ4v) is 4.12. The quantitative estimate of drug-likeness (QED) is 0.799. The van der Waals surface area contributed by atoms with Crippen molar-refractivity contribution in [3.8, 4) is 0 Å². The molecule has 1 fully saturated rings. The lowest BCUT2D eigenvalue weighted by Gasteiger charge is -2.07. The van der Waals surface area contributed by atoms with E-state index >= 15 is 0 Å². The molecule has 1 unspecified atom stereocenters. The number of rotatable bonds is 6. The number of aromatic nitrogens is 1. The second-order valence-electron chi connectivity index (χ2n) is 5.66. The van der Waals surface area contributed by atoms with E-state index in [0.717, 1.165) is 35.2 Å². The average molecular weight is 358 g/mol. The van der Waals surface area contributed by atoms with Gasteiger partial charge in [-0.25, -0.2) is 0 Å². The molecule has 1 aromatic heterocycles. The zero-order valence-electron chi connectivity index (χ0n) is 13.3. The largest absolute Gasteiger partial charge is 0.286 e. The summed E-state index contributed by atoms with van der Waals surface area (Å²) in [5, 5.41) is 1.77. The van der Waals surface area contributed by atoms with Gasteiger partial charge in [0.2, 0.25) is 5.91 Å². The van der Waals surface area contributed by atoms with Crippen molar-refractivity contribution < 1.29 is 9.59 Å². The van der Waals surface area contributed by atoms with Crippen molar-refractivity contribution in [3.63, 3.8) is 0 Å². The third kappa shape index (κ3) is 4.61. The summed E-state index contributed by atoms with van der Waals surface area (Å²) in [6.45, 7) is 2.04. The molecule has 3 rings (SSSR count). The fraction of sp³-hybridized carbons (Fsp3) is 0.278. The summed E-state index contributed by atoms with van der Waals surface area (Å²) in [7, 11) is 0. The van der Waals surface area contributed by atoms with Gasteiger partial charge in [0.15, 0.2) is 0 Å². The number of benzene rings is 1. The van der Waals surface area contributed by atoms with Crippen LogP contribution >= 0.6 is 23.5 Å². The van der Waals surface area contributed by atoms with Gasteiger partial charge in [-0.3, -0.25) is 19.9 Å². The van der Waals surface area contributed by atoms with Crippen molar-refractivity contribution in [2.45, 2.75) is 29.9 Å². The van der Waals surface area contributed by atoms with Crippen molar-refractivity contribution >= 4 is 34.7 Å². The number of imide groups is 1. The van der Waals surface area contributed by atoms with E-state index in [1.54, 1.807) is 11.8 Å². The van der Waals surface area contributed by atoms with Crippen LogP contribution < -0.4 is 5.32 Å². The zero-order valence-corrected chi connectivity index (χ0v) is 15.0. The molecule has 0 aliphatic carbocycles. The maximum Gasteiger partial charge on any atom is 0.286 e. The number of hydrogen-bond donors (Lipinski definition) is 1. The van der Waals surface area contributed by atoms with Gasteiger partial charge in [-0.1, -0.05) is 30.0 Å². The van der Waals surface area contributed by atoms with E-state index in [0.29, 0.717) is 6.42 Å². The average Bonchev–Trinajstić information content (AvgIpc) is 2.88. The smallest absolute Gasteiger partial charge is 0.286 e. The lowest BCUT2D eigenvalue weighted by Crippen LogP contribution is -2.25. The maximum atomic E-state index is 11.6. The van der Waals surface area contributed by atoms with Gasteiger partial charge >= 0.3 is 0 Å². The highest BCUT2D eigenvalue weighted by atomic mass is 32.2. The van der Waals surface area contributed by atoms with E-state index in [4.69, 9.17) is 0 Å². The van der Waals surface area contributed by atoms with Gasteiger partial charge in [0.1, 0.15) is 0 Å². The number of carbonyl (C=O) groups excluding carboxylic acids is 2. The Labute approximate surface area is 149 Å². The lowest BCUT2D eigenvalue weighted by atomic mass is 10.1. The lowest BCUT2D eigenvalue weighted by molar-refractivity contribution is -0.118. The molecular formula is C18H18N2O2S2. The van der Waals surface area contributed by atoms with Crippen LogP contribution in [0, 0.1) is 6.92 Å². The van der Waals surface area contributed by atoms with Crippen LogP contribution in [0.5, 0.6) is 0 Å². The summed E-state index contributed by atoms with van der Waals surface area (Å²) < 4.78 is 0. The molecule has 0 spiro atoms. The van der Waals surface area contributed by atoms with Gasteiger partial charge in [-0.05, 0) is 49.1 Å². The van der Waals surface area contributed by atoms with E-state index < -0.39 is 0 Å². The molecule has 2 amide bonds. The molecule has 2 heterocycles. The highest BCUT2D eigenvalue weighted by Crippen LogP contribution is 2.25. The highest BCUT2D eigenvalue weighted by Gasteiger charge is 2.31. The Morgan fingerprint density at radius 3 is 2.58 bits per heavy atom. The first-order valence-corrected chi connectivity index (χ1v) is 9.61. The molecular weight excluding hydrogens is 340 g/mol. The monoisotopic (exact) mass is 358 g/mol. The predicted octanol–water partition coefficient (Wildman–Crippen LogP) is 3.62. The second kappa shape index (κ2) is 7.85. The first kappa shape index (κ1) is 17.0. The van der Waals surface area contributed by atoms with Crippen LogP contribution in [0.4, 0.5) is 4.79 Å². The van der Waals surface area contributed by atoms with Gasteiger partial charge in [0, 0.05) is 22.5 Å². The van der Waals surface area contributed by atoms with Crippen LogP contribution in [0.1, 0.15) is 16.8 Å². The Bertz CT molecular complexity index is 730. The number of aryl methyl sites for hydroxylation is 2. The molecule has 1 aromatic carbocycles.